The van der Waals surface area contributed by atoms with Crippen LogP contribution in [0.25, 0.3) is 0 Å². The van der Waals surface area contributed by atoms with Gasteiger partial charge in [-0.25, -0.2) is 4.79 Å². The zero-order valence-electron chi connectivity index (χ0n) is 13.7. The van der Waals surface area contributed by atoms with Crippen LogP contribution in [0.2, 0.25) is 0 Å². The maximum absolute atomic E-state index is 12.1. The predicted octanol–water partition coefficient (Wildman–Crippen LogP) is 2.07. The van der Waals surface area contributed by atoms with Gasteiger partial charge in [0.2, 0.25) is 0 Å². The Kier molecular flexibility index (Phi) is 5.25. The first kappa shape index (κ1) is 17.8. The molecule has 0 bridgehead atoms. The lowest BCUT2D eigenvalue weighted by Gasteiger charge is -2.43. The number of carbonyl (C=O) groups excluding carboxylic acids is 1. The molecule has 122 valence electrons. The molecule has 0 aromatic rings. The van der Waals surface area contributed by atoms with Crippen LogP contribution in [0.5, 0.6) is 0 Å². The van der Waals surface area contributed by atoms with Crippen molar-refractivity contribution in [2.24, 2.45) is 17.1 Å². The first-order valence-electron chi connectivity index (χ1n) is 7.41. The third-order valence-electron chi connectivity index (χ3n) is 4.19. The number of hydrogen-bond donors (Lipinski definition) is 2. The summed E-state index contributed by atoms with van der Waals surface area (Å²) in [5.41, 5.74) is 4.71. The molecule has 0 aromatic carbocycles. The van der Waals surface area contributed by atoms with Gasteiger partial charge in [0, 0.05) is 13.1 Å². The number of piperidine rings is 1. The third kappa shape index (κ3) is 4.59. The van der Waals surface area contributed by atoms with Crippen molar-refractivity contribution in [3.63, 3.8) is 0 Å². The van der Waals surface area contributed by atoms with Crippen molar-refractivity contribution in [1.82, 2.24) is 4.90 Å². The number of rotatable bonds is 3. The van der Waals surface area contributed by atoms with Crippen molar-refractivity contribution >= 4 is 12.1 Å². The van der Waals surface area contributed by atoms with Gasteiger partial charge in [0.05, 0.1) is 0 Å². The Labute approximate surface area is 126 Å². The van der Waals surface area contributed by atoms with E-state index in [0.717, 1.165) is 12.8 Å². The van der Waals surface area contributed by atoms with Crippen LogP contribution >= 0.6 is 0 Å². The summed E-state index contributed by atoms with van der Waals surface area (Å²) in [4.78, 5) is 25.0. The summed E-state index contributed by atoms with van der Waals surface area (Å²) in [6.07, 6.45) is 1.36. The summed E-state index contributed by atoms with van der Waals surface area (Å²) in [5, 5.41) is 9.15. The van der Waals surface area contributed by atoms with Gasteiger partial charge in [-0.1, -0.05) is 13.8 Å². The second kappa shape index (κ2) is 6.22. The number of carbonyl (C=O) groups is 2. The molecule has 3 N–H and O–H groups in total. The van der Waals surface area contributed by atoms with Crippen LogP contribution < -0.4 is 5.73 Å². The molecule has 0 aromatic heterocycles. The number of likely N-dealkylation sites (tertiary alicyclic amines) is 1. The number of amides is 1. The molecular weight excluding hydrogens is 272 g/mol. The van der Waals surface area contributed by atoms with Crippen LogP contribution in [-0.4, -0.2) is 46.8 Å². The van der Waals surface area contributed by atoms with Gasteiger partial charge in [0.15, 0.2) is 0 Å². The summed E-state index contributed by atoms with van der Waals surface area (Å²) in [5.74, 6) is -0.959. The SMILES string of the molecule is CC(C)(C)OC(=O)N1CCCC(C(C)(C)C(N)C(=O)O)C1. The highest BCUT2D eigenvalue weighted by molar-refractivity contribution is 5.74. The van der Waals surface area contributed by atoms with Crippen LogP contribution in [0.4, 0.5) is 4.79 Å². The van der Waals surface area contributed by atoms with Gasteiger partial charge in [-0.05, 0) is 44.9 Å². The van der Waals surface area contributed by atoms with Crippen LogP contribution in [0.1, 0.15) is 47.5 Å². The van der Waals surface area contributed by atoms with Gasteiger partial charge < -0.3 is 20.5 Å². The number of aliphatic carboxylic acids is 1. The second-order valence-electron chi connectivity index (χ2n) is 7.40. The Hall–Kier alpha value is -1.30. The van der Waals surface area contributed by atoms with Gasteiger partial charge >= 0.3 is 12.1 Å². The van der Waals surface area contributed by atoms with Crippen LogP contribution in [0.15, 0.2) is 0 Å². The minimum absolute atomic E-state index is 0.0462. The summed E-state index contributed by atoms with van der Waals surface area (Å²) < 4.78 is 5.39. The minimum Gasteiger partial charge on any atom is -0.480 e. The number of nitrogens with two attached hydrogens (primary N) is 1. The molecule has 0 radical (unpaired) electrons. The molecule has 0 aliphatic carbocycles. The molecule has 21 heavy (non-hydrogen) atoms. The molecule has 1 saturated heterocycles. The normalized spacial score (nSPS) is 21.8. The highest BCUT2D eigenvalue weighted by Gasteiger charge is 2.42. The number of hydrogen-bond acceptors (Lipinski definition) is 4. The molecule has 2 unspecified atom stereocenters. The lowest BCUT2D eigenvalue weighted by atomic mass is 9.70. The average Bonchev–Trinajstić information content (AvgIpc) is 2.35. The molecule has 1 amide bonds. The van der Waals surface area contributed by atoms with Crippen molar-refractivity contribution in [3.05, 3.63) is 0 Å². The largest absolute Gasteiger partial charge is 0.480 e. The lowest BCUT2D eigenvalue weighted by Crippen LogP contribution is -2.53. The molecule has 1 aliphatic heterocycles. The molecule has 1 fully saturated rings. The zero-order chi connectivity index (χ0) is 16.4. The third-order valence-corrected chi connectivity index (χ3v) is 4.19. The fourth-order valence-corrected chi connectivity index (χ4v) is 2.65. The molecule has 1 rings (SSSR count). The molecule has 2 atom stereocenters. The minimum atomic E-state index is -1.01. The van der Waals surface area contributed by atoms with Crippen LogP contribution in [-0.2, 0) is 9.53 Å². The molecule has 0 saturated carbocycles. The Balaban J connectivity index is 2.76. The van der Waals surface area contributed by atoms with Gasteiger partial charge in [0.1, 0.15) is 11.6 Å². The van der Waals surface area contributed by atoms with Gasteiger partial charge in [0.25, 0.3) is 0 Å². The molecular formula is C15H28N2O4. The van der Waals surface area contributed by atoms with E-state index in [1.807, 2.05) is 34.6 Å². The number of ether oxygens (including phenoxy) is 1. The molecule has 0 spiro atoms. The Morgan fingerprint density at radius 3 is 2.33 bits per heavy atom. The van der Waals surface area contributed by atoms with E-state index in [1.54, 1.807) is 4.90 Å². The number of nitrogens with zero attached hydrogens (tertiary/aromatic N) is 1. The maximum Gasteiger partial charge on any atom is 0.410 e. The van der Waals surface area contributed by atoms with E-state index in [4.69, 9.17) is 15.6 Å². The quantitative estimate of drug-likeness (QED) is 0.832. The Bertz CT molecular complexity index is 401. The summed E-state index contributed by atoms with van der Waals surface area (Å²) in [7, 11) is 0. The summed E-state index contributed by atoms with van der Waals surface area (Å²) in [6.45, 7) is 10.3. The van der Waals surface area contributed by atoms with Crippen molar-refractivity contribution in [2.75, 3.05) is 13.1 Å². The van der Waals surface area contributed by atoms with E-state index in [-0.39, 0.29) is 12.0 Å². The molecule has 6 nitrogen and oxygen atoms in total. The highest BCUT2D eigenvalue weighted by atomic mass is 16.6. The van der Waals surface area contributed by atoms with Crippen molar-refractivity contribution < 1.29 is 19.4 Å². The van der Waals surface area contributed by atoms with E-state index in [0.29, 0.717) is 13.1 Å². The topological polar surface area (TPSA) is 92.9 Å². The fourth-order valence-electron chi connectivity index (χ4n) is 2.65. The monoisotopic (exact) mass is 300 g/mol. The first-order valence-corrected chi connectivity index (χ1v) is 7.41. The zero-order valence-corrected chi connectivity index (χ0v) is 13.7. The van der Waals surface area contributed by atoms with Crippen molar-refractivity contribution in [3.8, 4) is 0 Å². The van der Waals surface area contributed by atoms with E-state index in [9.17, 15) is 9.59 Å². The summed E-state index contributed by atoms with van der Waals surface area (Å²) in [6, 6.07) is -0.943. The Morgan fingerprint density at radius 2 is 1.86 bits per heavy atom. The summed E-state index contributed by atoms with van der Waals surface area (Å²) >= 11 is 0. The highest BCUT2D eigenvalue weighted by Crippen LogP contribution is 2.36. The van der Waals surface area contributed by atoms with E-state index >= 15 is 0 Å². The smallest absolute Gasteiger partial charge is 0.410 e. The van der Waals surface area contributed by atoms with Crippen LogP contribution in [0, 0.1) is 11.3 Å². The predicted molar refractivity (Wildman–Crippen MR) is 79.9 cm³/mol. The Morgan fingerprint density at radius 1 is 1.29 bits per heavy atom. The lowest BCUT2D eigenvalue weighted by molar-refractivity contribution is -0.142. The van der Waals surface area contributed by atoms with Crippen molar-refractivity contribution in [1.29, 1.82) is 0 Å². The van der Waals surface area contributed by atoms with E-state index < -0.39 is 23.0 Å². The van der Waals surface area contributed by atoms with Gasteiger partial charge in [-0.2, -0.15) is 0 Å². The van der Waals surface area contributed by atoms with Crippen LogP contribution in [0.3, 0.4) is 0 Å². The standard InChI is InChI=1S/C15H28N2O4/c1-14(2,3)21-13(20)17-8-6-7-10(9-17)15(4,5)11(16)12(18)19/h10-11H,6-9,16H2,1-5H3,(H,18,19). The van der Waals surface area contributed by atoms with Gasteiger partial charge in [-0.3, -0.25) is 4.79 Å². The first-order chi connectivity index (χ1) is 9.45. The second-order valence-corrected chi connectivity index (χ2v) is 7.40. The molecule has 1 heterocycles. The number of carboxylic acids is 1. The molecule has 6 heteroatoms. The van der Waals surface area contributed by atoms with E-state index in [1.165, 1.54) is 0 Å². The number of carboxylic acid groups (broad SMARTS) is 1. The van der Waals surface area contributed by atoms with Gasteiger partial charge in [-0.15, -0.1) is 0 Å². The fraction of sp³-hybridized carbons (Fsp3) is 0.867. The van der Waals surface area contributed by atoms with E-state index in [2.05, 4.69) is 0 Å². The molecule has 1 aliphatic rings. The van der Waals surface area contributed by atoms with Crippen molar-refractivity contribution in [2.45, 2.75) is 59.1 Å². The average molecular weight is 300 g/mol. The maximum atomic E-state index is 12.1.